The summed E-state index contributed by atoms with van der Waals surface area (Å²) in [6.45, 7) is 6.25. The van der Waals surface area contributed by atoms with Crippen LogP contribution in [0.25, 0.3) is 0 Å². The lowest BCUT2D eigenvalue weighted by Crippen LogP contribution is -2.36. The van der Waals surface area contributed by atoms with Crippen LogP contribution in [0.2, 0.25) is 0 Å². The van der Waals surface area contributed by atoms with Crippen LogP contribution in [-0.2, 0) is 11.3 Å². The molecular weight excluding hydrogens is 366 g/mol. The normalized spacial score (nSPS) is 10.6. The van der Waals surface area contributed by atoms with E-state index in [1.54, 1.807) is 31.4 Å². The molecule has 0 aliphatic carbocycles. The topological polar surface area (TPSA) is 61.9 Å². The van der Waals surface area contributed by atoms with Crippen LogP contribution in [0, 0.1) is 0 Å². The van der Waals surface area contributed by atoms with Crippen LogP contribution in [-0.4, -0.2) is 44.0 Å². The summed E-state index contributed by atoms with van der Waals surface area (Å²) in [7, 11) is 5.53. The van der Waals surface area contributed by atoms with Gasteiger partial charge in [-0.1, -0.05) is 6.92 Å². The van der Waals surface area contributed by atoms with Crippen molar-refractivity contribution in [3.05, 3.63) is 53.6 Å². The first-order chi connectivity index (χ1) is 13.8. The first-order valence-electron chi connectivity index (χ1n) is 9.82. The Morgan fingerprint density at radius 1 is 1.07 bits per heavy atom. The van der Waals surface area contributed by atoms with Crippen molar-refractivity contribution >= 4 is 23.2 Å². The number of carbonyl (C=O) groups is 2. The van der Waals surface area contributed by atoms with E-state index in [9.17, 15) is 9.59 Å². The van der Waals surface area contributed by atoms with Crippen LogP contribution in [0.15, 0.2) is 42.5 Å². The first-order valence-corrected chi connectivity index (χ1v) is 9.82. The molecule has 0 fully saturated rings. The van der Waals surface area contributed by atoms with Crippen molar-refractivity contribution in [3.63, 3.8) is 0 Å². The van der Waals surface area contributed by atoms with Crippen molar-refractivity contribution in [1.82, 2.24) is 4.90 Å². The predicted molar refractivity (Wildman–Crippen MR) is 118 cm³/mol. The fourth-order valence-electron chi connectivity index (χ4n) is 3.05. The number of anilines is 2. The van der Waals surface area contributed by atoms with Gasteiger partial charge >= 0.3 is 0 Å². The molecule has 2 amide bonds. The number of rotatable bonds is 8. The number of carbonyl (C=O) groups excluding carboxylic acids is 2. The quantitative estimate of drug-likeness (QED) is 0.727. The Kier molecular flexibility index (Phi) is 7.65. The van der Waals surface area contributed by atoms with Crippen LogP contribution >= 0.6 is 0 Å². The van der Waals surface area contributed by atoms with Gasteiger partial charge in [0.1, 0.15) is 5.75 Å². The summed E-state index contributed by atoms with van der Waals surface area (Å²) >= 11 is 0. The molecule has 0 saturated heterocycles. The van der Waals surface area contributed by atoms with E-state index in [1.165, 1.54) is 0 Å². The lowest BCUT2D eigenvalue weighted by Gasteiger charge is -2.29. The number of methoxy groups -OCH3 is 1. The van der Waals surface area contributed by atoms with E-state index in [2.05, 4.69) is 5.32 Å². The molecule has 2 rings (SSSR count). The third-order valence-corrected chi connectivity index (χ3v) is 4.73. The monoisotopic (exact) mass is 397 g/mol. The molecule has 1 N–H and O–H groups in total. The van der Waals surface area contributed by atoms with E-state index in [1.807, 2.05) is 62.9 Å². The summed E-state index contributed by atoms with van der Waals surface area (Å²) < 4.78 is 5.18. The molecule has 0 atom stereocenters. The Morgan fingerprint density at radius 2 is 1.72 bits per heavy atom. The number of hydrogen-bond acceptors (Lipinski definition) is 4. The predicted octanol–water partition coefficient (Wildman–Crippen LogP) is 4.16. The van der Waals surface area contributed by atoms with Crippen LogP contribution in [0.5, 0.6) is 5.75 Å². The standard InChI is InChI=1S/C23H31N3O3/c1-7-22(27)24-19-10-13-21(25(4)5)18(14-19)15-26(16(2)3)23(28)17-8-11-20(29-6)12-9-17/h8-14,16H,7,15H2,1-6H3,(H,24,27). The zero-order valence-electron chi connectivity index (χ0n) is 18.2. The number of amides is 2. The molecule has 2 aromatic carbocycles. The highest BCUT2D eigenvalue weighted by Gasteiger charge is 2.21. The lowest BCUT2D eigenvalue weighted by atomic mass is 10.1. The Morgan fingerprint density at radius 3 is 2.24 bits per heavy atom. The minimum Gasteiger partial charge on any atom is -0.497 e. The molecule has 0 aliphatic rings. The highest BCUT2D eigenvalue weighted by Crippen LogP contribution is 2.26. The highest BCUT2D eigenvalue weighted by atomic mass is 16.5. The first kappa shape index (κ1) is 22.3. The fraction of sp³-hybridized carbons (Fsp3) is 0.391. The van der Waals surface area contributed by atoms with Gasteiger partial charge in [0.25, 0.3) is 5.91 Å². The van der Waals surface area contributed by atoms with Crippen LogP contribution in [0.4, 0.5) is 11.4 Å². The number of ether oxygens (including phenoxy) is 1. The maximum Gasteiger partial charge on any atom is 0.254 e. The molecule has 0 spiro atoms. The maximum atomic E-state index is 13.2. The van der Waals surface area contributed by atoms with Crippen molar-refractivity contribution in [2.45, 2.75) is 39.8 Å². The Bertz CT molecular complexity index is 845. The van der Waals surface area contributed by atoms with Gasteiger partial charge in [-0.05, 0) is 61.9 Å². The van der Waals surface area contributed by atoms with E-state index in [-0.39, 0.29) is 17.9 Å². The molecule has 0 heterocycles. The third-order valence-electron chi connectivity index (χ3n) is 4.73. The van der Waals surface area contributed by atoms with Crippen LogP contribution < -0.4 is 15.0 Å². The summed E-state index contributed by atoms with van der Waals surface area (Å²) in [5, 5.41) is 2.90. The molecule has 2 aromatic rings. The van der Waals surface area contributed by atoms with E-state index in [0.29, 0.717) is 24.3 Å². The molecule has 0 radical (unpaired) electrons. The van der Waals surface area contributed by atoms with Crippen molar-refractivity contribution in [2.24, 2.45) is 0 Å². The Balaban J connectivity index is 2.35. The summed E-state index contributed by atoms with van der Waals surface area (Å²) in [5.74, 6) is 0.630. The molecule has 6 heteroatoms. The Hall–Kier alpha value is -3.02. The second kappa shape index (κ2) is 9.96. The summed E-state index contributed by atoms with van der Waals surface area (Å²) in [6, 6.07) is 12.9. The molecule has 156 valence electrons. The molecular formula is C23H31N3O3. The van der Waals surface area contributed by atoms with Crippen molar-refractivity contribution in [2.75, 3.05) is 31.4 Å². The lowest BCUT2D eigenvalue weighted by molar-refractivity contribution is -0.115. The van der Waals surface area contributed by atoms with Crippen molar-refractivity contribution < 1.29 is 14.3 Å². The van der Waals surface area contributed by atoms with Gasteiger partial charge in [0, 0.05) is 50.0 Å². The van der Waals surface area contributed by atoms with E-state index in [0.717, 1.165) is 16.9 Å². The summed E-state index contributed by atoms with van der Waals surface area (Å²) in [6.07, 6.45) is 0.416. The molecule has 0 saturated carbocycles. The number of nitrogens with one attached hydrogen (secondary N) is 1. The van der Waals surface area contributed by atoms with Gasteiger partial charge in [0.2, 0.25) is 5.91 Å². The zero-order valence-corrected chi connectivity index (χ0v) is 18.2. The number of benzene rings is 2. The molecule has 0 bridgehead atoms. The van der Waals surface area contributed by atoms with Crippen LogP contribution in [0.3, 0.4) is 0 Å². The molecule has 29 heavy (non-hydrogen) atoms. The van der Waals surface area contributed by atoms with E-state index in [4.69, 9.17) is 4.74 Å². The fourth-order valence-corrected chi connectivity index (χ4v) is 3.05. The SMILES string of the molecule is CCC(=O)Nc1ccc(N(C)C)c(CN(C(=O)c2ccc(OC)cc2)C(C)C)c1. The van der Waals surface area contributed by atoms with Gasteiger partial charge in [0.05, 0.1) is 7.11 Å². The van der Waals surface area contributed by atoms with Gasteiger partial charge in [-0.3, -0.25) is 9.59 Å². The molecule has 0 aromatic heterocycles. The molecule has 6 nitrogen and oxygen atoms in total. The molecule has 0 unspecified atom stereocenters. The van der Waals surface area contributed by atoms with E-state index < -0.39 is 0 Å². The minimum absolute atomic E-state index is 0.00787. The summed E-state index contributed by atoms with van der Waals surface area (Å²) in [4.78, 5) is 28.8. The van der Waals surface area contributed by atoms with Gasteiger partial charge in [-0.15, -0.1) is 0 Å². The second-order valence-corrected chi connectivity index (χ2v) is 7.39. The average Bonchev–Trinajstić information content (AvgIpc) is 2.71. The zero-order chi connectivity index (χ0) is 21.6. The number of nitrogens with zero attached hydrogens (tertiary/aromatic N) is 2. The highest BCUT2D eigenvalue weighted by molar-refractivity contribution is 5.95. The van der Waals surface area contributed by atoms with Gasteiger partial charge in [-0.25, -0.2) is 0 Å². The average molecular weight is 398 g/mol. The maximum absolute atomic E-state index is 13.2. The minimum atomic E-state index is -0.0460. The second-order valence-electron chi connectivity index (χ2n) is 7.39. The van der Waals surface area contributed by atoms with Gasteiger partial charge in [-0.2, -0.15) is 0 Å². The smallest absolute Gasteiger partial charge is 0.254 e. The third kappa shape index (κ3) is 5.73. The van der Waals surface area contributed by atoms with Crippen molar-refractivity contribution in [3.8, 4) is 5.75 Å². The molecule has 0 aliphatic heterocycles. The van der Waals surface area contributed by atoms with Gasteiger partial charge in [0.15, 0.2) is 0 Å². The van der Waals surface area contributed by atoms with Crippen LogP contribution in [0.1, 0.15) is 43.1 Å². The largest absolute Gasteiger partial charge is 0.497 e. The van der Waals surface area contributed by atoms with Crippen molar-refractivity contribution in [1.29, 1.82) is 0 Å². The van der Waals surface area contributed by atoms with E-state index >= 15 is 0 Å². The Labute approximate surface area is 173 Å². The van der Waals surface area contributed by atoms with Gasteiger partial charge < -0.3 is 19.9 Å². The summed E-state index contributed by atoms with van der Waals surface area (Å²) in [5.41, 5.74) is 3.33. The number of hydrogen-bond donors (Lipinski definition) is 1.